The molecule has 2 amide bonds. The largest absolute Gasteiger partial charge is 0.493 e. The lowest BCUT2D eigenvalue weighted by atomic mass is 10.1. The van der Waals surface area contributed by atoms with Gasteiger partial charge in [-0.1, -0.05) is 54.4 Å². The predicted octanol–water partition coefficient (Wildman–Crippen LogP) is 5.15. The fourth-order valence-corrected chi connectivity index (χ4v) is 6.17. The number of sulfonamides is 1. The average molecular weight is 623 g/mol. The topological polar surface area (TPSA) is 105 Å². The van der Waals surface area contributed by atoms with E-state index in [1.54, 1.807) is 62.4 Å². The fourth-order valence-electron chi connectivity index (χ4n) is 4.27. The number of methoxy groups -OCH3 is 2. The van der Waals surface area contributed by atoms with Crippen LogP contribution in [0.25, 0.3) is 0 Å². The number of hydrogen-bond donors (Lipinski definition) is 1. The number of hydrogen-bond acceptors (Lipinski definition) is 6. The number of ether oxygens (including phenoxy) is 2. The van der Waals surface area contributed by atoms with E-state index < -0.39 is 28.5 Å². The molecule has 9 nitrogen and oxygen atoms in total. The van der Waals surface area contributed by atoms with Crippen molar-refractivity contribution < 1.29 is 27.5 Å². The summed E-state index contributed by atoms with van der Waals surface area (Å²) in [7, 11) is -1.44. The van der Waals surface area contributed by atoms with Crippen LogP contribution in [0.3, 0.4) is 0 Å². The first-order valence-corrected chi connectivity index (χ1v) is 15.1. The molecule has 0 bridgehead atoms. The van der Waals surface area contributed by atoms with Crippen LogP contribution in [-0.4, -0.2) is 58.5 Å². The minimum absolute atomic E-state index is 0.0382. The van der Waals surface area contributed by atoms with Gasteiger partial charge in [-0.3, -0.25) is 13.9 Å². The van der Waals surface area contributed by atoms with E-state index in [-0.39, 0.29) is 35.2 Å². The minimum atomic E-state index is -4.28. The molecule has 1 N–H and O–H groups in total. The third kappa shape index (κ3) is 7.63. The number of nitrogens with one attached hydrogen (secondary N) is 1. The number of benzene rings is 3. The van der Waals surface area contributed by atoms with Crippen molar-refractivity contribution in [1.29, 1.82) is 0 Å². The highest BCUT2D eigenvalue weighted by atomic mass is 35.5. The van der Waals surface area contributed by atoms with E-state index in [0.717, 1.165) is 4.31 Å². The maximum absolute atomic E-state index is 14.0. The van der Waals surface area contributed by atoms with Crippen molar-refractivity contribution in [3.63, 3.8) is 0 Å². The zero-order valence-corrected chi connectivity index (χ0v) is 25.6. The molecule has 0 aromatic heterocycles. The van der Waals surface area contributed by atoms with Crippen molar-refractivity contribution in [1.82, 2.24) is 10.2 Å². The van der Waals surface area contributed by atoms with E-state index in [1.807, 2.05) is 0 Å². The quantitative estimate of drug-likeness (QED) is 0.283. The molecule has 3 aromatic rings. The van der Waals surface area contributed by atoms with E-state index in [1.165, 1.54) is 37.3 Å². The van der Waals surface area contributed by atoms with Gasteiger partial charge in [-0.05, 0) is 55.3 Å². The van der Waals surface area contributed by atoms with Gasteiger partial charge in [-0.15, -0.1) is 0 Å². The molecule has 0 saturated carbocycles. The molecule has 0 aliphatic rings. The number of likely N-dealkylation sites (N-methyl/N-ethyl adjacent to an activating group) is 1. The third-order valence-electron chi connectivity index (χ3n) is 6.36. The van der Waals surface area contributed by atoms with Gasteiger partial charge in [0.1, 0.15) is 12.6 Å². The van der Waals surface area contributed by atoms with E-state index in [9.17, 15) is 18.0 Å². The number of carbonyl (C=O) groups is 2. The average Bonchev–Trinajstić information content (AvgIpc) is 2.96. The molecule has 1 unspecified atom stereocenters. The normalized spacial score (nSPS) is 11.9. The molecule has 3 aromatic carbocycles. The van der Waals surface area contributed by atoms with Crippen molar-refractivity contribution >= 4 is 50.7 Å². The Morgan fingerprint density at radius 3 is 2.20 bits per heavy atom. The molecule has 0 radical (unpaired) electrons. The predicted molar refractivity (Wildman–Crippen MR) is 160 cm³/mol. The van der Waals surface area contributed by atoms with E-state index >= 15 is 0 Å². The van der Waals surface area contributed by atoms with Gasteiger partial charge in [0.15, 0.2) is 11.5 Å². The highest BCUT2D eigenvalue weighted by Crippen LogP contribution is 2.32. The lowest BCUT2D eigenvalue weighted by Gasteiger charge is -2.33. The monoisotopic (exact) mass is 621 g/mol. The molecule has 41 heavy (non-hydrogen) atoms. The standard InChI is InChI=1S/C29H33Cl2N3O6S/c1-5-25(29(36)32-6-2)33(18-20-12-13-21(30)16-24(20)31)28(35)19-34(22-10-8-7-9-11-22)41(37,38)23-14-15-26(39-3)27(17-23)40-4/h7-17,25H,5-6,18-19H2,1-4H3,(H,32,36). The second-order valence-electron chi connectivity index (χ2n) is 8.94. The number of anilines is 1. The van der Waals surface area contributed by atoms with Crippen molar-refractivity contribution in [2.45, 2.75) is 37.8 Å². The van der Waals surface area contributed by atoms with Gasteiger partial charge >= 0.3 is 0 Å². The van der Waals surface area contributed by atoms with Crippen molar-refractivity contribution in [2.75, 3.05) is 31.6 Å². The summed E-state index contributed by atoms with van der Waals surface area (Å²) in [4.78, 5) is 28.3. The van der Waals surface area contributed by atoms with E-state index in [2.05, 4.69) is 5.32 Å². The molecular weight excluding hydrogens is 589 g/mol. The Labute approximate surface area is 251 Å². The molecule has 0 aliphatic heterocycles. The zero-order valence-electron chi connectivity index (χ0n) is 23.3. The maximum atomic E-state index is 14.0. The van der Waals surface area contributed by atoms with Crippen LogP contribution >= 0.6 is 23.2 Å². The zero-order chi connectivity index (χ0) is 30.2. The van der Waals surface area contributed by atoms with Gasteiger partial charge in [-0.25, -0.2) is 8.42 Å². The van der Waals surface area contributed by atoms with Crippen LogP contribution in [0.2, 0.25) is 10.0 Å². The van der Waals surface area contributed by atoms with Crippen LogP contribution in [0.15, 0.2) is 71.6 Å². The number of nitrogens with zero attached hydrogens (tertiary/aromatic N) is 2. The molecule has 1 atom stereocenters. The Bertz CT molecular complexity index is 1470. The van der Waals surface area contributed by atoms with Crippen LogP contribution in [0.1, 0.15) is 25.8 Å². The number of carbonyl (C=O) groups excluding carboxylic acids is 2. The number of rotatable bonds is 13. The Hall–Kier alpha value is -3.47. The summed E-state index contributed by atoms with van der Waals surface area (Å²) in [6.45, 7) is 3.30. The summed E-state index contributed by atoms with van der Waals surface area (Å²) in [5.74, 6) is -0.383. The molecule has 3 rings (SSSR count). The molecule has 0 heterocycles. The highest BCUT2D eigenvalue weighted by molar-refractivity contribution is 7.92. The summed E-state index contributed by atoms with van der Waals surface area (Å²) in [5.41, 5.74) is 0.826. The second kappa shape index (κ2) is 14.4. The maximum Gasteiger partial charge on any atom is 0.264 e. The van der Waals surface area contributed by atoms with Crippen molar-refractivity contribution in [3.8, 4) is 11.5 Å². The molecule has 0 spiro atoms. The molecule has 12 heteroatoms. The van der Waals surface area contributed by atoms with E-state index in [0.29, 0.717) is 27.9 Å². The smallest absolute Gasteiger partial charge is 0.264 e. The lowest BCUT2D eigenvalue weighted by molar-refractivity contribution is -0.140. The van der Waals surface area contributed by atoms with Crippen molar-refractivity contribution in [2.24, 2.45) is 0 Å². The van der Waals surface area contributed by atoms with Crippen LogP contribution in [0.4, 0.5) is 5.69 Å². The Balaban J connectivity index is 2.09. The Morgan fingerprint density at radius 2 is 1.61 bits per heavy atom. The molecule has 0 fully saturated rings. The van der Waals surface area contributed by atoms with Gasteiger partial charge in [-0.2, -0.15) is 0 Å². The first-order chi connectivity index (χ1) is 19.6. The molecule has 0 aliphatic carbocycles. The third-order valence-corrected chi connectivity index (χ3v) is 8.72. The summed E-state index contributed by atoms with van der Waals surface area (Å²) >= 11 is 12.5. The minimum Gasteiger partial charge on any atom is -0.493 e. The van der Waals surface area contributed by atoms with Crippen LogP contribution in [-0.2, 0) is 26.2 Å². The van der Waals surface area contributed by atoms with E-state index in [4.69, 9.17) is 32.7 Å². The first kappa shape index (κ1) is 32.0. The van der Waals surface area contributed by atoms with Crippen molar-refractivity contribution in [3.05, 3.63) is 82.3 Å². The van der Waals surface area contributed by atoms with Gasteiger partial charge in [0.25, 0.3) is 10.0 Å². The highest BCUT2D eigenvalue weighted by Gasteiger charge is 2.34. The Kier molecular flexibility index (Phi) is 11.3. The van der Waals surface area contributed by atoms with Crippen LogP contribution < -0.4 is 19.1 Å². The molecule has 220 valence electrons. The molecular formula is C29H33Cl2N3O6S. The number of halogens is 2. The second-order valence-corrected chi connectivity index (χ2v) is 11.6. The summed E-state index contributed by atoms with van der Waals surface area (Å²) in [6.07, 6.45) is 0.288. The number of para-hydroxylation sites is 1. The fraction of sp³-hybridized carbons (Fsp3) is 0.310. The number of amides is 2. The summed E-state index contributed by atoms with van der Waals surface area (Å²) < 4.78 is 39.6. The first-order valence-electron chi connectivity index (χ1n) is 12.9. The van der Waals surface area contributed by atoms with Gasteiger partial charge in [0.2, 0.25) is 11.8 Å². The summed E-state index contributed by atoms with van der Waals surface area (Å²) in [5, 5.41) is 3.50. The Morgan fingerprint density at radius 1 is 0.927 bits per heavy atom. The van der Waals surface area contributed by atoms with Crippen LogP contribution in [0, 0.1) is 0 Å². The molecule has 0 saturated heterocycles. The van der Waals surface area contributed by atoms with Gasteiger partial charge in [0.05, 0.1) is 24.8 Å². The van der Waals surface area contributed by atoms with Gasteiger partial charge in [0, 0.05) is 29.2 Å². The lowest BCUT2D eigenvalue weighted by Crippen LogP contribution is -2.52. The van der Waals surface area contributed by atoms with Crippen LogP contribution in [0.5, 0.6) is 11.5 Å². The summed E-state index contributed by atoms with van der Waals surface area (Å²) in [6, 6.07) is 16.4. The van der Waals surface area contributed by atoms with Gasteiger partial charge < -0.3 is 19.7 Å². The SMILES string of the molecule is CCNC(=O)C(CC)N(Cc1ccc(Cl)cc1Cl)C(=O)CN(c1ccccc1)S(=O)(=O)c1ccc(OC)c(OC)c1.